The molecule has 10 heteroatoms. The predicted octanol–water partition coefficient (Wildman–Crippen LogP) is 7.35. The Labute approximate surface area is 255 Å². The molecule has 2 heterocycles. The topological polar surface area (TPSA) is 112 Å². The van der Waals surface area contributed by atoms with Crippen molar-refractivity contribution in [2.24, 2.45) is 0 Å². The van der Waals surface area contributed by atoms with E-state index in [9.17, 15) is 11.9 Å². The molecule has 0 saturated heterocycles. The van der Waals surface area contributed by atoms with Gasteiger partial charge in [0.25, 0.3) is 0 Å². The molecule has 0 bridgehead atoms. The third-order valence-electron chi connectivity index (χ3n) is 7.31. The van der Waals surface area contributed by atoms with Crippen LogP contribution in [0.2, 0.25) is 10.0 Å². The van der Waals surface area contributed by atoms with E-state index in [-0.39, 0.29) is 6.04 Å². The Morgan fingerprint density at radius 3 is 2.55 bits per heavy atom. The van der Waals surface area contributed by atoms with Gasteiger partial charge in [0.2, 0.25) is 0 Å². The van der Waals surface area contributed by atoms with Crippen LogP contribution in [-0.2, 0) is 0 Å². The molecule has 1 aliphatic carbocycles. The summed E-state index contributed by atoms with van der Waals surface area (Å²) in [7, 11) is 0. The van der Waals surface area contributed by atoms with E-state index in [1.165, 1.54) is 6.20 Å². The average Bonchev–Trinajstić information content (AvgIpc) is 3.75. The number of benzene rings is 3. The Balaban J connectivity index is 1.44. The number of halogens is 2. The van der Waals surface area contributed by atoms with Crippen LogP contribution in [0.5, 0.6) is 0 Å². The molecule has 1 aromatic heterocycles. The lowest BCUT2D eigenvalue weighted by Gasteiger charge is -2.24. The van der Waals surface area contributed by atoms with Crippen LogP contribution in [0, 0.1) is 22.7 Å². The third kappa shape index (κ3) is 5.93. The first kappa shape index (κ1) is 26.4. The quantitative estimate of drug-likeness (QED) is 0.150. The lowest BCUT2D eigenvalue weighted by molar-refractivity contribution is 0.260. The summed E-state index contributed by atoms with van der Waals surface area (Å²) < 4.78 is 9.72. The summed E-state index contributed by atoms with van der Waals surface area (Å²) in [4.78, 5) is 4.50. The van der Waals surface area contributed by atoms with Gasteiger partial charge in [-0.3, -0.25) is 9.99 Å². The van der Waals surface area contributed by atoms with Gasteiger partial charge in [0.1, 0.15) is 6.07 Å². The molecule has 3 aromatic carbocycles. The smallest absolute Gasteiger partial charge is 0.103 e. The summed E-state index contributed by atoms with van der Waals surface area (Å²) in [5.41, 5.74) is 10.6. The fraction of sp³-hybridized carbons (Fsp3) is 0.219. The Morgan fingerprint density at radius 2 is 1.83 bits per heavy atom. The fourth-order valence-electron chi connectivity index (χ4n) is 5.02. The minimum absolute atomic E-state index is 0.231. The first-order valence-electron chi connectivity index (χ1n) is 14.2. The number of aromatic nitrogens is 1. The van der Waals surface area contributed by atoms with Gasteiger partial charge in [0, 0.05) is 41.0 Å². The Kier molecular flexibility index (Phi) is 7.67. The molecule has 0 spiro atoms. The van der Waals surface area contributed by atoms with E-state index in [2.05, 4.69) is 38.7 Å². The Bertz CT molecular complexity index is 1760. The van der Waals surface area contributed by atoms with Crippen LogP contribution in [0.15, 0.2) is 84.8 Å². The van der Waals surface area contributed by atoms with Crippen molar-refractivity contribution in [3.63, 3.8) is 0 Å². The molecule has 8 nitrogen and oxygen atoms in total. The highest BCUT2D eigenvalue weighted by Crippen LogP contribution is 2.38. The van der Waals surface area contributed by atoms with Crippen molar-refractivity contribution < 1.29 is 1.37 Å². The number of hydrogen-bond acceptors (Lipinski definition) is 8. The molecule has 0 radical (unpaired) electrons. The van der Waals surface area contributed by atoms with Gasteiger partial charge >= 0.3 is 0 Å². The van der Waals surface area contributed by atoms with Gasteiger partial charge in [-0.25, -0.2) is 0 Å². The summed E-state index contributed by atoms with van der Waals surface area (Å²) in [6.07, 6.45) is 6.46. The van der Waals surface area contributed by atoms with Crippen molar-refractivity contribution in [1.82, 2.24) is 21.0 Å². The first-order valence-corrected chi connectivity index (χ1v) is 14.4. The molecule has 2 aliphatic rings. The van der Waals surface area contributed by atoms with Gasteiger partial charge < -0.3 is 16.1 Å². The lowest BCUT2D eigenvalue weighted by atomic mass is 10.00. The molecular weight excluding hydrogens is 567 g/mol. The van der Waals surface area contributed by atoms with Crippen LogP contribution in [-0.4, -0.2) is 16.0 Å². The van der Waals surface area contributed by atoms with Gasteiger partial charge in [-0.2, -0.15) is 10.5 Å². The van der Waals surface area contributed by atoms with Crippen LogP contribution >= 0.6 is 23.2 Å². The van der Waals surface area contributed by atoms with E-state index >= 15 is 0 Å². The van der Waals surface area contributed by atoms with Gasteiger partial charge in [-0.15, -0.1) is 5.53 Å². The maximum atomic E-state index is 10.1. The van der Waals surface area contributed by atoms with E-state index in [1.54, 1.807) is 18.2 Å². The highest BCUT2D eigenvalue weighted by Gasteiger charge is 2.32. The average molecular weight is 597 g/mol. The summed E-state index contributed by atoms with van der Waals surface area (Å²) in [5.74, 6) is 0. The van der Waals surface area contributed by atoms with Crippen molar-refractivity contribution in [2.75, 3.05) is 10.6 Å². The maximum absolute atomic E-state index is 10.1. The number of nitrogens with zero attached hydrogens (tertiary/aromatic N) is 4. The van der Waals surface area contributed by atoms with Crippen molar-refractivity contribution >= 4 is 45.5 Å². The zero-order valence-electron chi connectivity index (χ0n) is 23.5. The van der Waals surface area contributed by atoms with Gasteiger partial charge in [-0.1, -0.05) is 65.7 Å². The fourth-order valence-corrected chi connectivity index (χ4v) is 5.42. The first-order chi connectivity index (χ1) is 20.9. The molecular formula is C32H28Cl2N8. The number of hydrazine groups is 2. The van der Waals surface area contributed by atoms with Crippen molar-refractivity contribution in [3.05, 3.63) is 112 Å². The second-order valence-electron chi connectivity index (χ2n) is 10.2. The van der Waals surface area contributed by atoms with Crippen LogP contribution < -0.4 is 21.6 Å². The lowest BCUT2D eigenvalue weighted by Crippen LogP contribution is -2.38. The van der Waals surface area contributed by atoms with E-state index in [0.717, 1.165) is 18.4 Å². The van der Waals surface area contributed by atoms with E-state index in [4.69, 9.17) is 23.2 Å². The zero-order valence-corrected chi connectivity index (χ0v) is 24.0. The molecule has 1 unspecified atom stereocenters. The third-order valence-corrected chi connectivity index (χ3v) is 7.85. The second kappa shape index (κ2) is 12.2. The molecule has 42 heavy (non-hydrogen) atoms. The standard InChI is InChI=1S/C32H28Cl2N8/c33-23-10-8-21(9-11-23)31(29-19-42(41-40-29)25-12-13-25)38-24-15-26-30(22(17-36)18-37-32(26)27(34)16-24)39-28(7-4-14-35)20-5-2-1-3-6-20/h1-3,5-6,8-11,15-16,18-19,25,28,31,38,40-41H,4,7,12-13H2,(H,37,39)/t28-,31?/m1/s1/i31D. The van der Waals surface area contributed by atoms with Gasteiger partial charge in [0.15, 0.2) is 0 Å². The molecule has 1 fully saturated rings. The van der Waals surface area contributed by atoms with Crippen LogP contribution in [0.1, 0.15) is 55.8 Å². The number of nitrogens with one attached hydrogen (secondary N) is 4. The summed E-state index contributed by atoms with van der Waals surface area (Å²) >= 11 is 13.0. The molecule has 1 saturated carbocycles. The molecule has 4 N–H and O–H groups in total. The van der Waals surface area contributed by atoms with Gasteiger partial charge in [0.05, 0.1) is 47.0 Å². The highest BCUT2D eigenvalue weighted by molar-refractivity contribution is 6.36. The molecule has 2 atom stereocenters. The number of pyridine rings is 1. The Hall–Kier alpha value is -4.47. The minimum Gasteiger partial charge on any atom is -0.377 e. The SMILES string of the molecule is [2H]C(Nc1cc(Cl)c2ncc(C#N)c(N[C@H](CCC#N)c3ccccc3)c2c1)(C1=CN(C2CC2)NN1)c1ccc(Cl)cc1. The number of rotatable bonds is 10. The zero-order chi connectivity index (χ0) is 30.0. The number of fused-ring (bicyclic) bond motifs is 1. The number of anilines is 2. The van der Waals surface area contributed by atoms with Crippen LogP contribution in [0.3, 0.4) is 0 Å². The Morgan fingerprint density at radius 1 is 1.05 bits per heavy atom. The molecule has 4 aromatic rings. The van der Waals surface area contributed by atoms with Crippen molar-refractivity contribution in [2.45, 2.75) is 43.8 Å². The minimum atomic E-state index is -1.45. The number of hydrogen-bond donors (Lipinski definition) is 4. The van der Waals surface area contributed by atoms with Crippen molar-refractivity contribution in [1.29, 1.82) is 10.5 Å². The maximum Gasteiger partial charge on any atom is 0.103 e. The second-order valence-corrected chi connectivity index (χ2v) is 11.1. The number of nitriles is 2. The van der Waals surface area contributed by atoms with E-state index in [1.807, 2.05) is 59.7 Å². The van der Waals surface area contributed by atoms with E-state index < -0.39 is 6.02 Å². The van der Waals surface area contributed by atoms with Crippen molar-refractivity contribution in [3.8, 4) is 12.1 Å². The molecule has 6 rings (SSSR count). The largest absolute Gasteiger partial charge is 0.377 e. The molecule has 210 valence electrons. The summed E-state index contributed by atoms with van der Waals surface area (Å²) in [5, 5.41) is 29.8. The molecule has 1 aliphatic heterocycles. The summed E-state index contributed by atoms with van der Waals surface area (Å²) in [6.45, 7) is 0. The highest BCUT2D eigenvalue weighted by atomic mass is 35.5. The summed E-state index contributed by atoms with van der Waals surface area (Å²) in [6, 6.07) is 23.7. The van der Waals surface area contributed by atoms with Gasteiger partial charge in [-0.05, 0) is 54.7 Å². The molecule has 0 amide bonds. The normalized spacial score (nSPS) is 16.8. The monoisotopic (exact) mass is 595 g/mol. The predicted molar refractivity (Wildman–Crippen MR) is 166 cm³/mol. The van der Waals surface area contributed by atoms with Crippen LogP contribution in [0.4, 0.5) is 11.4 Å². The van der Waals surface area contributed by atoms with E-state index in [0.29, 0.717) is 68.0 Å². The van der Waals surface area contributed by atoms with Crippen LogP contribution in [0.25, 0.3) is 10.9 Å².